The van der Waals surface area contributed by atoms with E-state index in [0.29, 0.717) is 12.2 Å². The van der Waals surface area contributed by atoms with Crippen molar-refractivity contribution >= 4 is 11.6 Å². The Morgan fingerprint density at radius 1 is 1.06 bits per heavy atom. The average molecular weight is 444 g/mol. The summed E-state index contributed by atoms with van der Waals surface area (Å²) in [6.45, 7) is 10.3. The van der Waals surface area contributed by atoms with Gasteiger partial charge in [0.05, 0.1) is 5.69 Å². The molecule has 2 N–H and O–H groups in total. The van der Waals surface area contributed by atoms with Crippen molar-refractivity contribution in [1.82, 2.24) is 20.4 Å². The van der Waals surface area contributed by atoms with Gasteiger partial charge in [-0.1, -0.05) is 36.4 Å². The van der Waals surface area contributed by atoms with Crippen molar-refractivity contribution in [2.75, 3.05) is 44.2 Å². The fraction of sp³-hybridized carbons (Fsp3) is 0.407. The maximum atomic E-state index is 12.8. The van der Waals surface area contributed by atoms with Crippen LogP contribution in [0.4, 0.5) is 5.69 Å². The molecule has 33 heavy (non-hydrogen) atoms. The molecule has 1 fully saturated rings. The lowest BCUT2D eigenvalue weighted by Gasteiger charge is -2.37. The van der Waals surface area contributed by atoms with E-state index < -0.39 is 0 Å². The zero-order valence-electron chi connectivity index (χ0n) is 19.7. The van der Waals surface area contributed by atoms with Crippen LogP contribution in [0, 0.1) is 13.8 Å². The van der Waals surface area contributed by atoms with Crippen LogP contribution in [0.3, 0.4) is 0 Å². The number of piperazine rings is 1. The van der Waals surface area contributed by atoms with Crippen LogP contribution in [0.5, 0.6) is 0 Å². The van der Waals surface area contributed by atoms with E-state index in [0.717, 1.165) is 68.8 Å². The highest BCUT2D eigenvalue weighted by Gasteiger charge is 2.25. The summed E-state index contributed by atoms with van der Waals surface area (Å²) in [5.41, 5.74) is 9.10. The Labute approximate surface area is 196 Å². The summed E-state index contributed by atoms with van der Waals surface area (Å²) in [5.74, 6) is -0.0390. The summed E-state index contributed by atoms with van der Waals surface area (Å²) in [7, 11) is 0. The molecule has 2 heterocycles. The molecule has 1 aliphatic carbocycles. The molecule has 6 nitrogen and oxygen atoms in total. The number of carbonyl (C=O) groups is 1. The van der Waals surface area contributed by atoms with Crippen LogP contribution in [0.15, 0.2) is 42.5 Å². The lowest BCUT2D eigenvalue weighted by Crippen LogP contribution is -2.47. The van der Waals surface area contributed by atoms with Gasteiger partial charge in [0.25, 0.3) is 5.91 Å². The highest BCUT2D eigenvalue weighted by molar-refractivity contribution is 5.96. The number of hydrogen-bond donors (Lipinski definition) is 2. The normalized spacial score (nSPS) is 15.8. The third-order valence-electron chi connectivity index (χ3n) is 7.03. The molecule has 0 saturated carbocycles. The maximum absolute atomic E-state index is 12.8. The van der Waals surface area contributed by atoms with Gasteiger partial charge in [-0.15, -0.1) is 0 Å². The molecule has 1 saturated heterocycles. The minimum atomic E-state index is -0.0390. The van der Waals surface area contributed by atoms with Crippen LogP contribution in [0.2, 0.25) is 0 Å². The predicted octanol–water partition coefficient (Wildman–Crippen LogP) is 3.73. The number of carbonyl (C=O) groups excluding carboxylic acids is 1. The summed E-state index contributed by atoms with van der Waals surface area (Å²) in [6.07, 6.45) is 2.77. The smallest absolute Gasteiger partial charge is 0.269 e. The first-order valence-electron chi connectivity index (χ1n) is 12.1. The molecular formula is C27H33N5O. The first-order chi connectivity index (χ1) is 16.1. The van der Waals surface area contributed by atoms with E-state index in [-0.39, 0.29) is 5.91 Å². The van der Waals surface area contributed by atoms with Crippen molar-refractivity contribution in [3.63, 3.8) is 0 Å². The highest BCUT2D eigenvalue weighted by atomic mass is 16.1. The van der Waals surface area contributed by atoms with Gasteiger partial charge in [0.15, 0.2) is 0 Å². The third-order valence-corrected chi connectivity index (χ3v) is 7.03. The highest BCUT2D eigenvalue weighted by Crippen LogP contribution is 2.33. The fourth-order valence-corrected chi connectivity index (χ4v) is 5.11. The second-order valence-electron chi connectivity index (χ2n) is 9.31. The minimum Gasteiger partial charge on any atom is -0.369 e. The van der Waals surface area contributed by atoms with E-state index in [1.54, 1.807) is 0 Å². The lowest BCUT2D eigenvalue weighted by atomic mass is 9.89. The molecule has 2 aliphatic rings. The second-order valence-corrected chi connectivity index (χ2v) is 9.31. The SMILES string of the molecule is Cc1ccc(C)c(N2CCN(CCCNC(=O)c3[nH]nc4c3CCc3ccccc3-4)CC2)c1. The van der Waals surface area contributed by atoms with Crippen LogP contribution >= 0.6 is 0 Å². The number of amides is 1. The van der Waals surface area contributed by atoms with Gasteiger partial charge >= 0.3 is 0 Å². The average Bonchev–Trinajstić information content (AvgIpc) is 3.28. The Morgan fingerprint density at radius 3 is 2.73 bits per heavy atom. The molecule has 1 amide bonds. The second kappa shape index (κ2) is 9.40. The third kappa shape index (κ3) is 4.53. The quantitative estimate of drug-likeness (QED) is 0.570. The molecule has 3 aromatic rings. The fourth-order valence-electron chi connectivity index (χ4n) is 5.11. The lowest BCUT2D eigenvalue weighted by molar-refractivity contribution is 0.0945. The molecular weight excluding hydrogens is 410 g/mol. The number of rotatable bonds is 6. The molecule has 0 bridgehead atoms. The Hall–Kier alpha value is -3.12. The van der Waals surface area contributed by atoms with Crippen LogP contribution in [0.1, 0.15) is 39.2 Å². The van der Waals surface area contributed by atoms with Gasteiger partial charge in [0, 0.05) is 49.5 Å². The number of aromatic nitrogens is 2. The number of aromatic amines is 1. The molecule has 1 aliphatic heterocycles. The van der Waals surface area contributed by atoms with Gasteiger partial charge in [0.1, 0.15) is 5.69 Å². The summed E-state index contributed by atoms with van der Waals surface area (Å²) in [4.78, 5) is 17.8. The van der Waals surface area contributed by atoms with Gasteiger partial charge < -0.3 is 10.2 Å². The molecule has 0 unspecified atom stereocenters. The number of aryl methyl sites for hydroxylation is 3. The van der Waals surface area contributed by atoms with Crippen molar-refractivity contribution in [1.29, 1.82) is 0 Å². The van der Waals surface area contributed by atoms with E-state index in [9.17, 15) is 4.79 Å². The van der Waals surface area contributed by atoms with E-state index in [1.165, 1.54) is 22.4 Å². The zero-order valence-corrected chi connectivity index (χ0v) is 19.7. The van der Waals surface area contributed by atoms with Crippen molar-refractivity contribution in [3.8, 4) is 11.3 Å². The van der Waals surface area contributed by atoms with Crippen molar-refractivity contribution in [2.24, 2.45) is 0 Å². The van der Waals surface area contributed by atoms with Crippen LogP contribution < -0.4 is 10.2 Å². The monoisotopic (exact) mass is 443 g/mol. The van der Waals surface area contributed by atoms with Crippen LogP contribution in [-0.4, -0.2) is 60.3 Å². The largest absolute Gasteiger partial charge is 0.369 e. The standard InChI is InChI=1S/C27H33N5O/c1-19-8-9-20(2)24(18-19)32-16-14-31(15-17-32)13-5-12-28-27(33)26-23-11-10-21-6-3-4-7-22(21)25(23)29-30-26/h3-4,6-9,18H,5,10-17H2,1-2H3,(H,28,33)(H,29,30). The number of anilines is 1. The number of H-pyrrole nitrogens is 1. The Kier molecular flexibility index (Phi) is 6.18. The molecule has 1 aromatic heterocycles. The number of hydrogen-bond acceptors (Lipinski definition) is 4. The summed E-state index contributed by atoms with van der Waals surface area (Å²) in [5, 5.41) is 10.6. The van der Waals surface area contributed by atoms with Gasteiger partial charge in [0.2, 0.25) is 0 Å². The topological polar surface area (TPSA) is 64.3 Å². The van der Waals surface area contributed by atoms with Crippen LogP contribution in [0.25, 0.3) is 11.3 Å². The Bertz CT molecular complexity index is 1140. The molecule has 172 valence electrons. The molecule has 6 heteroatoms. The number of nitrogens with zero attached hydrogens (tertiary/aromatic N) is 3. The van der Waals surface area contributed by atoms with Gasteiger partial charge in [-0.3, -0.25) is 14.8 Å². The summed E-state index contributed by atoms with van der Waals surface area (Å²) >= 11 is 0. The van der Waals surface area contributed by atoms with E-state index in [2.05, 4.69) is 75.6 Å². The predicted molar refractivity (Wildman–Crippen MR) is 133 cm³/mol. The van der Waals surface area contributed by atoms with E-state index >= 15 is 0 Å². The maximum Gasteiger partial charge on any atom is 0.269 e. The number of fused-ring (bicyclic) bond motifs is 3. The summed E-state index contributed by atoms with van der Waals surface area (Å²) in [6, 6.07) is 15.0. The van der Waals surface area contributed by atoms with Crippen molar-refractivity contribution < 1.29 is 4.79 Å². The van der Waals surface area contributed by atoms with E-state index in [4.69, 9.17) is 0 Å². The number of nitrogens with one attached hydrogen (secondary N) is 2. The van der Waals surface area contributed by atoms with Crippen molar-refractivity contribution in [3.05, 3.63) is 70.4 Å². The van der Waals surface area contributed by atoms with Crippen molar-refractivity contribution in [2.45, 2.75) is 33.1 Å². The molecule has 0 radical (unpaired) electrons. The Balaban J connectivity index is 1.09. The number of benzene rings is 2. The first kappa shape index (κ1) is 21.7. The van der Waals surface area contributed by atoms with Gasteiger partial charge in [-0.2, -0.15) is 5.10 Å². The first-order valence-corrected chi connectivity index (χ1v) is 12.1. The molecule has 0 atom stereocenters. The molecule has 5 rings (SSSR count). The minimum absolute atomic E-state index is 0.0390. The zero-order chi connectivity index (χ0) is 22.8. The van der Waals surface area contributed by atoms with Gasteiger partial charge in [-0.25, -0.2) is 0 Å². The summed E-state index contributed by atoms with van der Waals surface area (Å²) < 4.78 is 0. The Morgan fingerprint density at radius 2 is 1.88 bits per heavy atom. The van der Waals surface area contributed by atoms with Crippen LogP contribution in [-0.2, 0) is 12.8 Å². The van der Waals surface area contributed by atoms with E-state index in [1.807, 2.05) is 6.07 Å². The van der Waals surface area contributed by atoms with Gasteiger partial charge in [-0.05, 0) is 62.4 Å². The molecule has 0 spiro atoms. The molecule has 2 aromatic carbocycles.